The molecule has 0 aromatic heterocycles. The number of fused-ring (bicyclic) bond motifs is 1. The lowest BCUT2D eigenvalue weighted by atomic mass is 9.95. The third-order valence-electron chi connectivity index (χ3n) is 7.15. The molecular formula is C30H26F3N7O. The largest absolute Gasteiger partial charge is 0.438 e. The molecule has 0 bridgehead atoms. The second-order valence-electron chi connectivity index (χ2n) is 9.78. The van der Waals surface area contributed by atoms with Crippen LogP contribution in [0.2, 0.25) is 0 Å². The normalized spacial score (nSPS) is 20.8. The zero-order valence-electron chi connectivity index (χ0n) is 22.1. The Balaban J connectivity index is 1.64. The van der Waals surface area contributed by atoms with E-state index < -0.39 is 11.8 Å². The molecule has 3 heterocycles. The number of anilines is 2. The summed E-state index contributed by atoms with van der Waals surface area (Å²) in [6.07, 6.45) is -4.94. The number of halogens is 3. The summed E-state index contributed by atoms with van der Waals surface area (Å²) in [5.74, 6) is 0.0210. The number of guanidine groups is 1. The van der Waals surface area contributed by atoms with Gasteiger partial charge in [-0.05, 0) is 31.2 Å². The van der Waals surface area contributed by atoms with Gasteiger partial charge in [-0.15, -0.1) is 5.10 Å². The second kappa shape index (κ2) is 10.3. The van der Waals surface area contributed by atoms with Crippen molar-refractivity contribution in [2.75, 3.05) is 36.5 Å². The van der Waals surface area contributed by atoms with Crippen molar-refractivity contribution in [2.24, 2.45) is 10.1 Å². The number of hydrogen-bond donors (Lipinski definition) is 1. The number of hydrogen-bond acceptors (Lipinski definition) is 8. The van der Waals surface area contributed by atoms with Gasteiger partial charge in [-0.3, -0.25) is 4.90 Å². The van der Waals surface area contributed by atoms with E-state index in [4.69, 9.17) is 4.74 Å². The zero-order valence-corrected chi connectivity index (χ0v) is 22.1. The van der Waals surface area contributed by atoms with Crippen LogP contribution in [0.4, 0.5) is 24.5 Å². The van der Waals surface area contributed by atoms with Gasteiger partial charge in [0.05, 0.1) is 18.9 Å². The average Bonchev–Trinajstić information content (AvgIpc) is 3.39. The lowest BCUT2D eigenvalue weighted by Crippen LogP contribution is -2.56. The number of hydrazone groups is 1. The molecular weight excluding hydrogens is 531 g/mol. The van der Waals surface area contributed by atoms with E-state index in [1.807, 2.05) is 30.0 Å². The number of amidine groups is 1. The van der Waals surface area contributed by atoms with E-state index in [1.165, 1.54) is 24.3 Å². The molecule has 3 aromatic carbocycles. The molecule has 208 valence electrons. The highest BCUT2D eigenvalue weighted by atomic mass is 19.4. The number of benzene rings is 3. The maximum absolute atomic E-state index is 15.6. The van der Waals surface area contributed by atoms with E-state index in [2.05, 4.69) is 21.5 Å². The second-order valence-corrected chi connectivity index (χ2v) is 9.78. The van der Waals surface area contributed by atoms with Gasteiger partial charge in [0, 0.05) is 24.3 Å². The van der Waals surface area contributed by atoms with Gasteiger partial charge in [-0.1, -0.05) is 66.2 Å². The number of aliphatic imine (C=N–C) groups is 1. The molecule has 0 spiro atoms. The number of alkyl halides is 3. The van der Waals surface area contributed by atoms with E-state index in [1.54, 1.807) is 47.4 Å². The topological polar surface area (TPSA) is 79.5 Å². The summed E-state index contributed by atoms with van der Waals surface area (Å²) in [7, 11) is 0. The maximum atomic E-state index is 15.6. The first-order valence-electron chi connectivity index (χ1n) is 13.1. The van der Waals surface area contributed by atoms with Crippen molar-refractivity contribution in [3.8, 4) is 6.07 Å². The summed E-state index contributed by atoms with van der Waals surface area (Å²) < 4.78 is 52.3. The van der Waals surface area contributed by atoms with Crippen LogP contribution in [0, 0.1) is 18.3 Å². The Bertz CT molecular complexity index is 1560. The number of morpholine rings is 1. The Hall–Kier alpha value is -4.82. The predicted octanol–water partition coefficient (Wildman–Crippen LogP) is 5.39. The highest BCUT2D eigenvalue weighted by Crippen LogP contribution is 2.52. The molecule has 1 fully saturated rings. The first kappa shape index (κ1) is 26.4. The molecule has 1 saturated heterocycles. The monoisotopic (exact) mass is 557 g/mol. The van der Waals surface area contributed by atoms with E-state index in [-0.39, 0.29) is 28.8 Å². The standard InChI is InChI=1S/C30H26F3N7O/c1-21-12-14-23(15-13-21)35-26-25(20-34)27-39(24-10-6-3-7-11-24)28(38-16-18-41-19-17-38)37-40(27)29(36-26,30(31,32)33)22-8-4-2-5-9-22/h2-15H,16-19H2,1H3,(H,35,36). The Morgan fingerprint density at radius 1 is 0.927 bits per heavy atom. The molecule has 41 heavy (non-hydrogen) atoms. The Labute approximate surface area is 235 Å². The SMILES string of the molecule is Cc1ccc(NC2=NC(c3ccccc3)(C(F)(F)F)N3N=C(N4CCOCC4)N(c4ccccc4)C3=C2C#N)cc1. The van der Waals surface area contributed by atoms with Crippen molar-refractivity contribution >= 4 is 23.2 Å². The predicted molar refractivity (Wildman–Crippen MR) is 150 cm³/mol. The quantitative estimate of drug-likeness (QED) is 0.465. The van der Waals surface area contributed by atoms with Crippen LogP contribution in [0.15, 0.2) is 106 Å². The summed E-state index contributed by atoms with van der Waals surface area (Å²) in [5, 5.41) is 19.0. The minimum Gasteiger partial charge on any atom is -0.378 e. The molecule has 3 aliphatic heterocycles. The molecule has 11 heteroatoms. The number of para-hydroxylation sites is 1. The average molecular weight is 558 g/mol. The summed E-state index contributed by atoms with van der Waals surface area (Å²) in [6, 6.07) is 25.7. The summed E-state index contributed by atoms with van der Waals surface area (Å²) in [6.45, 7) is 3.54. The molecule has 0 radical (unpaired) electrons. The maximum Gasteiger partial charge on any atom is 0.438 e. The molecule has 1 atom stereocenters. The minimum absolute atomic E-state index is 0.0361. The molecule has 8 nitrogen and oxygen atoms in total. The molecule has 0 saturated carbocycles. The summed E-state index contributed by atoms with van der Waals surface area (Å²) in [4.78, 5) is 7.81. The van der Waals surface area contributed by atoms with Crippen molar-refractivity contribution in [3.05, 3.63) is 107 Å². The summed E-state index contributed by atoms with van der Waals surface area (Å²) in [5.41, 5.74) is -1.13. The van der Waals surface area contributed by atoms with E-state index in [0.717, 1.165) is 10.6 Å². The molecule has 3 aromatic rings. The fourth-order valence-electron chi connectivity index (χ4n) is 5.14. The third-order valence-corrected chi connectivity index (χ3v) is 7.15. The Kier molecular flexibility index (Phi) is 6.63. The van der Waals surface area contributed by atoms with Crippen LogP contribution in [0.3, 0.4) is 0 Å². The first-order chi connectivity index (χ1) is 19.8. The fourth-order valence-corrected chi connectivity index (χ4v) is 5.14. The number of nitrogens with one attached hydrogen (secondary N) is 1. The highest BCUT2D eigenvalue weighted by Gasteiger charge is 2.66. The highest BCUT2D eigenvalue weighted by molar-refractivity contribution is 6.14. The van der Waals surface area contributed by atoms with E-state index in [0.29, 0.717) is 37.7 Å². The smallest absolute Gasteiger partial charge is 0.378 e. The van der Waals surface area contributed by atoms with Crippen molar-refractivity contribution in [1.29, 1.82) is 5.26 Å². The van der Waals surface area contributed by atoms with Crippen LogP contribution in [0.5, 0.6) is 0 Å². The van der Waals surface area contributed by atoms with Crippen LogP contribution < -0.4 is 10.2 Å². The van der Waals surface area contributed by atoms with Crippen LogP contribution in [0.25, 0.3) is 0 Å². The molecule has 3 aliphatic rings. The summed E-state index contributed by atoms with van der Waals surface area (Å²) >= 11 is 0. The number of rotatable bonds is 3. The van der Waals surface area contributed by atoms with E-state index in [9.17, 15) is 5.26 Å². The lowest BCUT2D eigenvalue weighted by Gasteiger charge is -2.43. The molecule has 6 rings (SSSR count). The Morgan fingerprint density at radius 3 is 2.17 bits per heavy atom. The first-order valence-corrected chi connectivity index (χ1v) is 13.1. The van der Waals surface area contributed by atoms with Gasteiger partial charge in [0.15, 0.2) is 11.7 Å². The van der Waals surface area contributed by atoms with Gasteiger partial charge in [0.1, 0.15) is 11.6 Å². The van der Waals surface area contributed by atoms with Crippen molar-refractivity contribution in [3.63, 3.8) is 0 Å². The Morgan fingerprint density at radius 2 is 1.56 bits per heavy atom. The van der Waals surface area contributed by atoms with Crippen molar-refractivity contribution < 1.29 is 17.9 Å². The van der Waals surface area contributed by atoms with Crippen molar-refractivity contribution in [2.45, 2.75) is 18.8 Å². The van der Waals surface area contributed by atoms with Crippen molar-refractivity contribution in [1.82, 2.24) is 9.91 Å². The number of aryl methyl sites for hydroxylation is 1. The van der Waals surface area contributed by atoms with Gasteiger partial charge in [-0.25, -0.2) is 10.0 Å². The fraction of sp³-hybridized carbons (Fsp3) is 0.233. The van der Waals surface area contributed by atoms with Gasteiger partial charge >= 0.3 is 6.18 Å². The number of nitrogens with zero attached hydrogens (tertiary/aromatic N) is 6. The van der Waals surface area contributed by atoms with Gasteiger partial charge in [-0.2, -0.15) is 18.4 Å². The number of nitriles is 1. The lowest BCUT2D eigenvalue weighted by molar-refractivity contribution is -0.230. The molecule has 0 amide bonds. The van der Waals surface area contributed by atoms with Crippen LogP contribution >= 0.6 is 0 Å². The molecule has 1 N–H and O–H groups in total. The van der Waals surface area contributed by atoms with Gasteiger partial charge in [0.25, 0.3) is 5.66 Å². The van der Waals surface area contributed by atoms with Crippen LogP contribution in [-0.4, -0.2) is 54.2 Å². The number of ether oxygens (including phenoxy) is 1. The van der Waals surface area contributed by atoms with E-state index >= 15 is 13.2 Å². The van der Waals surface area contributed by atoms with Crippen LogP contribution in [0.1, 0.15) is 11.1 Å². The molecule has 1 unspecified atom stereocenters. The van der Waals surface area contributed by atoms with Gasteiger partial charge in [0.2, 0.25) is 5.96 Å². The van der Waals surface area contributed by atoms with Gasteiger partial charge < -0.3 is 15.0 Å². The zero-order chi connectivity index (χ0) is 28.6. The van der Waals surface area contributed by atoms with Crippen LogP contribution in [-0.2, 0) is 10.4 Å². The third kappa shape index (κ3) is 4.46. The molecule has 0 aliphatic carbocycles. The minimum atomic E-state index is -4.94.